The lowest BCUT2D eigenvalue weighted by Gasteiger charge is -2.18. The van der Waals surface area contributed by atoms with Crippen molar-refractivity contribution in [2.24, 2.45) is 0 Å². The highest BCUT2D eigenvalue weighted by molar-refractivity contribution is 9.10. The Balaban J connectivity index is 2.24. The van der Waals surface area contributed by atoms with E-state index in [2.05, 4.69) is 25.4 Å². The molecule has 0 radical (unpaired) electrons. The molecule has 0 aliphatic rings. The van der Waals surface area contributed by atoms with Gasteiger partial charge in [-0.25, -0.2) is 13.1 Å². The molecule has 0 spiro atoms. The number of sulfonamides is 1. The van der Waals surface area contributed by atoms with E-state index < -0.39 is 22.7 Å². The van der Waals surface area contributed by atoms with Gasteiger partial charge in [-0.3, -0.25) is 0 Å². The number of nitrogens with one attached hydrogen (secondary N) is 1. The summed E-state index contributed by atoms with van der Waals surface area (Å²) in [4.78, 5) is 0.0832. The van der Waals surface area contributed by atoms with Gasteiger partial charge in [-0.1, -0.05) is 34.1 Å². The van der Waals surface area contributed by atoms with E-state index in [1.807, 2.05) is 0 Å². The Morgan fingerprint density at radius 2 is 1.70 bits per heavy atom. The number of ether oxygens (including phenoxy) is 1. The summed E-state index contributed by atoms with van der Waals surface area (Å²) in [5.41, 5.74) is 0.327. The van der Waals surface area contributed by atoms with E-state index in [1.54, 1.807) is 25.1 Å². The van der Waals surface area contributed by atoms with Gasteiger partial charge in [0.25, 0.3) is 0 Å². The van der Waals surface area contributed by atoms with Crippen LogP contribution in [0.4, 0.5) is 8.78 Å². The molecule has 1 N–H and O–H groups in total. The highest BCUT2D eigenvalue weighted by Crippen LogP contribution is 2.27. The number of rotatable bonds is 6. The second kappa shape index (κ2) is 7.37. The number of hydrogen-bond acceptors (Lipinski definition) is 3. The van der Waals surface area contributed by atoms with Gasteiger partial charge in [-0.15, -0.1) is 0 Å². The standard InChI is InChI=1S/C15H14BrF2NO3S/c1-10(13-4-2-3-5-14(13)22-15(17)18)19-23(20,21)12-8-6-11(16)7-9-12/h2-10,15,19H,1H3/t10-/m1/s1. The first kappa shape index (κ1) is 17.8. The zero-order valence-electron chi connectivity index (χ0n) is 12.0. The van der Waals surface area contributed by atoms with E-state index in [-0.39, 0.29) is 10.6 Å². The highest BCUT2D eigenvalue weighted by Gasteiger charge is 2.21. The predicted molar refractivity (Wildman–Crippen MR) is 86.0 cm³/mol. The first-order valence-corrected chi connectivity index (χ1v) is 8.89. The molecular formula is C15H14BrF2NO3S. The first-order chi connectivity index (χ1) is 10.8. The van der Waals surface area contributed by atoms with Crippen molar-refractivity contribution in [3.8, 4) is 5.75 Å². The van der Waals surface area contributed by atoms with Crippen LogP contribution in [0.3, 0.4) is 0 Å². The topological polar surface area (TPSA) is 55.4 Å². The summed E-state index contributed by atoms with van der Waals surface area (Å²) in [5, 5.41) is 0. The summed E-state index contributed by atoms with van der Waals surface area (Å²) in [6.07, 6.45) is 0. The lowest BCUT2D eigenvalue weighted by atomic mass is 10.1. The summed E-state index contributed by atoms with van der Waals surface area (Å²) in [5.74, 6) is -0.0616. The number of halogens is 3. The van der Waals surface area contributed by atoms with E-state index in [0.29, 0.717) is 5.56 Å². The average Bonchev–Trinajstić information content (AvgIpc) is 2.47. The van der Waals surface area contributed by atoms with Gasteiger partial charge in [0.05, 0.1) is 4.90 Å². The van der Waals surface area contributed by atoms with Crippen LogP contribution < -0.4 is 9.46 Å². The molecule has 1 atom stereocenters. The van der Waals surface area contributed by atoms with E-state index >= 15 is 0 Å². The van der Waals surface area contributed by atoms with Crippen molar-refractivity contribution in [2.75, 3.05) is 0 Å². The van der Waals surface area contributed by atoms with Gasteiger partial charge in [-0.2, -0.15) is 8.78 Å². The lowest BCUT2D eigenvalue weighted by molar-refractivity contribution is -0.0506. The zero-order valence-corrected chi connectivity index (χ0v) is 14.4. The molecule has 0 saturated carbocycles. The largest absolute Gasteiger partial charge is 0.434 e. The molecule has 0 amide bonds. The van der Waals surface area contributed by atoms with Crippen LogP contribution in [-0.2, 0) is 10.0 Å². The molecule has 124 valence electrons. The number of para-hydroxylation sites is 1. The minimum atomic E-state index is -3.78. The molecule has 8 heteroatoms. The van der Waals surface area contributed by atoms with Crippen LogP contribution in [0.5, 0.6) is 5.75 Å². The van der Waals surface area contributed by atoms with E-state index in [1.165, 1.54) is 30.3 Å². The fourth-order valence-corrected chi connectivity index (χ4v) is 3.51. The van der Waals surface area contributed by atoms with Gasteiger partial charge in [-0.05, 0) is 37.3 Å². The van der Waals surface area contributed by atoms with Crippen molar-refractivity contribution < 1.29 is 21.9 Å². The summed E-state index contributed by atoms with van der Waals surface area (Å²) >= 11 is 3.23. The normalized spacial score (nSPS) is 13.1. The van der Waals surface area contributed by atoms with Crippen LogP contribution in [0, 0.1) is 0 Å². The maximum absolute atomic E-state index is 12.4. The molecule has 0 aliphatic carbocycles. The van der Waals surface area contributed by atoms with E-state index in [4.69, 9.17) is 0 Å². The Morgan fingerprint density at radius 3 is 2.30 bits per heavy atom. The molecule has 0 aromatic heterocycles. The summed E-state index contributed by atoms with van der Waals surface area (Å²) < 4.78 is 57.2. The zero-order chi connectivity index (χ0) is 17.0. The van der Waals surface area contributed by atoms with Crippen molar-refractivity contribution >= 4 is 26.0 Å². The number of hydrogen-bond donors (Lipinski definition) is 1. The van der Waals surface area contributed by atoms with Crippen LogP contribution in [-0.4, -0.2) is 15.0 Å². The highest BCUT2D eigenvalue weighted by atomic mass is 79.9. The van der Waals surface area contributed by atoms with Crippen LogP contribution in [0.15, 0.2) is 57.9 Å². The van der Waals surface area contributed by atoms with Crippen molar-refractivity contribution in [3.63, 3.8) is 0 Å². The van der Waals surface area contributed by atoms with E-state index in [0.717, 1.165) is 4.47 Å². The monoisotopic (exact) mass is 405 g/mol. The SMILES string of the molecule is C[C@@H](NS(=O)(=O)c1ccc(Br)cc1)c1ccccc1OC(F)F. The van der Waals surface area contributed by atoms with Gasteiger partial charge in [0.1, 0.15) is 5.75 Å². The summed E-state index contributed by atoms with van der Waals surface area (Å²) in [7, 11) is -3.78. The Kier molecular flexibility index (Phi) is 5.72. The fraction of sp³-hybridized carbons (Fsp3) is 0.200. The lowest BCUT2D eigenvalue weighted by Crippen LogP contribution is -2.27. The Labute approximate surface area is 141 Å². The van der Waals surface area contributed by atoms with Crippen molar-refractivity contribution in [3.05, 3.63) is 58.6 Å². The van der Waals surface area contributed by atoms with Crippen molar-refractivity contribution in [2.45, 2.75) is 24.5 Å². The van der Waals surface area contributed by atoms with Gasteiger partial charge in [0.15, 0.2) is 0 Å². The minimum absolute atomic E-state index is 0.0616. The third-order valence-corrected chi connectivity index (χ3v) is 5.14. The van der Waals surface area contributed by atoms with Crippen molar-refractivity contribution in [1.29, 1.82) is 0 Å². The molecule has 0 fully saturated rings. The maximum Gasteiger partial charge on any atom is 0.387 e. The average molecular weight is 406 g/mol. The van der Waals surface area contributed by atoms with Crippen LogP contribution in [0.25, 0.3) is 0 Å². The second-order valence-electron chi connectivity index (χ2n) is 4.71. The molecule has 0 heterocycles. The molecule has 2 aromatic rings. The van der Waals surface area contributed by atoms with Crippen LogP contribution >= 0.6 is 15.9 Å². The van der Waals surface area contributed by atoms with E-state index in [9.17, 15) is 17.2 Å². The molecule has 0 bridgehead atoms. The van der Waals surface area contributed by atoms with Gasteiger partial charge >= 0.3 is 6.61 Å². The number of alkyl halides is 2. The Bertz CT molecular complexity index is 767. The van der Waals surface area contributed by atoms with Gasteiger partial charge in [0.2, 0.25) is 10.0 Å². The second-order valence-corrected chi connectivity index (χ2v) is 7.34. The smallest absolute Gasteiger partial charge is 0.387 e. The van der Waals surface area contributed by atoms with Crippen LogP contribution in [0.1, 0.15) is 18.5 Å². The first-order valence-electron chi connectivity index (χ1n) is 6.61. The molecule has 0 aliphatic heterocycles. The molecule has 0 saturated heterocycles. The molecular weight excluding hydrogens is 392 g/mol. The summed E-state index contributed by atoms with van der Waals surface area (Å²) in [6.45, 7) is -1.42. The Hall–Kier alpha value is -1.51. The molecule has 2 aromatic carbocycles. The van der Waals surface area contributed by atoms with Gasteiger partial charge < -0.3 is 4.74 Å². The van der Waals surface area contributed by atoms with Gasteiger partial charge in [0, 0.05) is 16.1 Å². The molecule has 23 heavy (non-hydrogen) atoms. The third kappa shape index (κ3) is 4.73. The molecule has 2 rings (SSSR count). The van der Waals surface area contributed by atoms with Crippen molar-refractivity contribution in [1.82, 2.24) is 4.72 Å². The fourth-order valence-electron chi connectivity index (χ4n) is 2.02. The number of benzene rings is 2. The molecule has 4 nitrogen and oxygen atoms in total. The molecule has 0 unspecified atom stereocenters. The Morgan fingerprint density at radius 1 is 1.09 bits per heavy atom. The maximum atomic E-state index is 12.4. The predicted octanol–water partition coefficient (Wildman–Crippen LogP) is 4.09. The third-order valence-electron chi connectivity index (χ3n) is 3.06. The quantitative estimate of drug-likeness (QED) is 0.787. The minimum Gasteiger partial charge on any atom is -0.434 e. The van der Waals surface area contributed by atoms with Crippen LogP contribution in [0.2, 0.25) is 0 Å². The summed E-state index contributed by atoms with van der Waals surface area (Å²) in [6, 6.07) is 11.4.